The van der Waals surface area contributed by atoms with Crippen molar-refractivity contribution in [3.8, 4) is 67.5 Å². The minimum atomic E-state index is 0.671. The van der Waals surface area contributed by atoms with Crippen LogP contribution in [-0.2, 0) is 0 Å². The van der Waals surface area contributed by atoms with Crippen LogP contribution >= 0.6 is 22.7 Å². The van der Waals surface area contributed by atoms with Crippen molar-refractivity contribution in [2.45, 2.75) is 0 Å². The Hall–Kier alpha value is -6.86. The van der Waals surface area contributed by atoms with Crippen molar-refractivity contribution in [1.29, 1.82) is 0 Å². The van der Waals surface area contributed by atoms with Gasteiger partial charge in [0, 0.05) is 75.0 Å². The molecule has 0 aliphatic rings. The highest BCUT2D eigenvalue weighted by molar-refractivity contribution is 7.26. The Bertz CT molecular complexity index is 3130. The van der Waals surface area contributed by atoms with Crippen molar-refractivity contribution in [2.75, 3.05) is 0 Å². The van der Waals surface area contributed by atoms with Crippen molar-refractivity contribution < 1.29 is 0 Å². The lowest BCUT2D eigenvalue weighted by Gasteiger charge is -2.14. The van der Waals surface area contributed by atoms with E-state index in [2.05, 4.69) is 143 Å². The van der Waals surface area contributed by atoms with E-state index in [9.17, 15) is 0 Å². The Kier molecular flexibility index (Phi) is 7.83. The summed E-state index contributed by atoms with van der Waals surface area (Å²) in [6.07, 6.45) is 3.54. The molecule has 0 atom stereocenters. The monoisotopic (exact) mass is 750 g/mol. The molecule has 6 heteroatoms. The second kappa shape index (κ2) is 13.5. The van der Waals surface area contributed by atoms with Crippen LogP contribution in [0.25, 0.3) is 108 Å². The highest BCUT2D eigenvalue weighted by Crippen LogP contribution is 2.45. The van der Waals surface area contributed by atoms with Gasteiger partial charge in [-0.3, -0.25) is 0 Å². The van der Waals surface area contributed by atoms with Crippen molar-refractivity contribution >= 4 is 63.0 Å². The van der Waals surface area contributed by atoms with Crippen LogP contribution in [0.4, 0.5) is 0 Å². The van der Waals surface area contributed by atoms with Gasteiger partial charge in [-0.1, -0.05) is 121 Å². The summed E-state index contributed by atoms with van der Waals surface area (Å²) < 4.78 is 5.14. The van der Waals surface area contributed by atoms with Crippen molar-refractivity contribution in [3.63, 3.8) is 0 Å². The van der Waals surface area contributed by atoms with Gasteiger partial charge in [0.15, 0.2) is 11.6 Å². The number of fused-ring (bicyclic) bond motifs is 6. The predicted molar refractivity (Wildman–Crippen MR) is 236 cm³/mol. The molecule has 0 unspecified atom stereocenters. The number of hydrogen-bond donors (Lipinski definition) is 0. The first-order chi connectivity index (χ1) is 27.7. The largest absolute Gasteiger partial charge is 0.237 e. The van der Waals surface area contributed by atoms with Crippen molar-refractivity contribution in [3.05, 3.63) is 182 Å². The summed E-state index contributed by atoms with van der Waals surface area (Å²) in [5.74, 6) is 1.35. The number of nitrogens with zero attached hydrogens (tertiary/aromatic N) is 4. The second-order valence-corrected chi connectivity index (χ2v) is 15.9. The maximum atomic E-state index is 5.31. The lowest BCUT2D eigenvalue weighted by Crippen LogP contribution is -1.97. The third-order valence-corrected chi connectivity index (χ3v) is 12.8. The molecule has 0 fully saturated rings. The summed E-state index contributed by atoms with van der Waals surface area (Å²) in [5, 5.41) is 5.13. The van der Waals surface area contributed by atoms with Gasteiger partial charge in [0.25, 0.3) is 0 Å². The Balaban J connectivity index is 1.17. The lowest BCUT2D eigenvalue weighted by atomic mass is 9.93. The predicted octanol–water partition coefficient (Wildman–Crippen LogP) is 14.0. The summed E-state index contributed by atoms with van der Waals surface area (Å²) in [6, 6.07) is 60.3. The van der Waals surface area contributed by atoms with E-state index in [0.29, 0.717) is 11.6 Å². The van der Waals surface area contributed by atoms with Gasteiger partial charge in [-0.05, 0) is 70.8 Å². The fourth-order valence-electron chi connectivity index (χ4n) is 7.76. The molecule has 0 N–H and O–H groups in total. The van der Waals surface area contributed by atoms with Gasteiger partial charge in [0.05, 0.1) is 11.4 Å². The highest BCUT2D eigenvalue weighted by Gasteiger charge is 2.18. The van der Waals surface area contributed by atoms with Crippen LogP contribution in [0.2, 0.25) is 0 Å². The Morgan fingerprint density at radius 2 is 0.804 bits per heavy atom. The molecule has 56 heavy (non-hydrogen) atoms. The molecule has 4 aromatic heterocycles. The van der Waals surface area contributed by atoms with Crippen molar-refractivity contribution in [1.82, 2.24) is 19.9 Å². The zero-order valence-corrected chi connectivity index (χ0v) is 31.6. The topological polar surface area (TPSA) is 51.6 Å². The molecule has 0 amide bonds. The molecular weight excluding hydrogens is 721 g/mol. The molecule has 0 radical (unpaired) electrons. The van der Waals surface area contributed by atoms with E-state index < -0.39 is 0 Å². The van der Waals surface area contributed by atoms with E-state index in [1.807, 2.05) is 59.1 Å². The minimum Gasteiger partial charge on any atom is -0.237 e. The van der Waals surface area contributed by atoms with E-state index in [1.54, 1.807) is 12.4 Å². The first-order valence-electron chi connectivity index (χ1n) is 18.5. The Morgan fingerprint density at radius 3 is 1.45 bits per heavy atom. The summed E-state index contributed by atoms with van der Waals surface area (Å²) in [7, 11) is 0. The normalized spacial score (nSPS) is 11.6. The number of thiophene rings is 2. The van der Waals surface area contributed by atoms with E-state index in [0.717, 1.165) is 44.8 Å². The maximum absolute atomic E-state index is 5.31. The van der Waals surface area contributed by atoms with E-state index >= 15 is 0 Å². The first-order valence-corrected chi connectivity index (χ1v) is 20.2. The number of benzene rings is 7. The van der Waals surface area contributed by atoms with E-state index in [1.165, 1.54) is 51.5 Å². The summed E-state index contributed by atoms with van der Waals surface area (Å²) in [6.45, 7) is 0. The van der Waals surface area contributed by atoms with E-state index in [-0.39, 0.29) is 0 Å². The molecule has 0 aliphatic carbocycles. The maximum Gasteiger partial charge on any atom is 0.160 e. The average Bonchev–Trinajstić information content (AvgIpc) is 3.86. The third kappa shape index (κ3) is 5.66. The number of rotatable bonds is 6. The zero-order valence-electron chi connectivity index (χ0n) is 29.9. The highest BCUT2D eigenvalue weighted by atomic mass is 32.1. The Morgan fingerprint density at radius 1 is 0.321 bits per heavy atom. The smallest absolute Gasteiger partial charge is 0.160 e. The van der Waals surface area contributed by atoms with Crippen molar-refractivity contribution in [2.24, 2.45) is 0 Å². The number of hydrogen-bond acceptors (Lipinski definition) is 6. The first kappa shape index (κ1) is 32.6. The third-order valence-electron chi connectivity index (χ3n) is 10.4. The standard InChI is InChI=1S/C50H30N4S2/c1-2-12-31(13-3-1)50-53-43(32-14-8-15-33(26-32)49-51-24-11-25-52-49)30-44(54-50)36-28-34(37-18-9-20-41-39-16-4-6-22-45(39)55-47(37)41)27-35(29-36)38-19-10-21-42-40-17-5-7-23-46(40)56-48(38)42/h1-30H. The van der Waals surface area contributed by atoms with Crippen LogP contribution in [-0.4, -0.2) is 19.9 Å². The zero-order chi connectivity index (χ0) is 37.0. The van der Waals surface area contributed by atoms with Gasteiger partial charge in [-0.2, -0.15) is 0 Å². The summed E-state index contributed by atoms with van der Waals surface area (Å²) in [4.78, 5) is 19.5. The van der Waals surface area contributed by atoms with Gasteiger partial charge in [-0.15, -0.1) is 22.7 Å². The quantitative estimate of drug-likeness (QED) is 0.170. The molecule has 4 nitrogen and oxygen atoms in total. The van der Waals surface area contributed by atoms with Crippen LogP contribution in [0.1, 0.15) is 0 Å². The average molecular weight is 751 g/mol. The van der Waals surface area contributed by atoms with Crippen LogP contribution in [0.3, 0.4) is 0 Å². The minimum absolute atomic E-state index is 0.671. The fourth-order valence-corrected chi connectivity index (χ4v) is 10.2. The van der Waals surface area contributed by atoms with Gasteiger partial charge in [0.2, 0.25) is 0 Å². The second-order valence-electron chi connectivity index (χ2n) is 13.8. The fraction of sp³-hybridized carbons (Fsp3) is 0. The van der Waals surface area contributed by atoms with E-state index in [4.69, 9.17) is 9.97 Å². The molecule has 11 rings (SSSR count). The number of aromatic nitrogens is 4. The van der Waals surface area contributed by atoms with Gasteiger partial charge in [-0.25, -0.2) is 19.9 Å². The van der Waals surface area contributed by atoms with Gasteiger partial charge in [0.1, 0.15) is 0 Å². The molecule has 7 aromatic carbocycles. The lowest BCUT2D eigenvalue weighted by molar-refractivity contribution is 1.17. The van der Waals surface area contributed by atoms with Gasteiger partial charge < -0.3 is 0 Å². The van der Waals surface area contributed by atoms with Crippen LogP contribution in [0, 0.1) is 0 Å². The molecular formula is C50H30N4S2. The molecule has 4 heterocycles. The molecule has 0 bridgehead atoms. The SMILES string of the molecule is c1ccc(-c2nc(-c3cccc(-c4ncccn4)c3)cc(-c3cc(-c4cccc5c4sc4ccccc45)cc(-c4cccc5c4sc4ccccc45)c3)n2)cc1. The van der Waals surface area contributed by atoms with Crippen LogP contribution in [0.15, 0.2) is 182 Å². The molecule has 11 aromatic rings. The molecule has 0 spiro atoms. The molecule has 262 valence electrons. The summed E-state index contributed by atoms with van der Waals surface area (Å²) >= 11 is 3.71. The van der Waals surface area contributed by atoms with Crippen LogP contribution in [0.5, 0.6) is 0 Å². The Labute approximate surface area is 331 Å². The molecule has 0 aliphatic heterocycles. The molecule has 0 saturated heterocycles. The summed E-state index contributed by atoms with van der Waals surface area (Å²) in [5.41, 5.74) is 10.3. The van der Waals surface area contributed by atoms with Crippen LogP contribution < -0.4 is 0 Å². The molecule has 0 saturated carbocycles. The van der Waals surface area contributed by atoms with Gasteiger partial charge >= 0.3 is 0 Å².